The molecule has 7 atom stereocenters. The zero-order valence-electron chi connectivity index (χ0n) is 31.0. The Morgan fingerprint density at radius 1 is 1.04 bits per heavy atom. The number of nitrogens with one attached hydrogen (secondary N) is 6. The van der Waals surface area contributed by atoms with Gasteiger partial charge in [0.2, 0.25) is 11.8 Å². The molecule has 0 unspecified atom stereocenters. The molecule has 19 heteroatoms. The van der Waals surface area contributed by atoms with Gasteiger partial charge < -0.3 is 51.3 Å². The fourth-order valence-electron chi connectivity index (χ4n) is 6.60. The van der Waals surface area contributed by atoms with E-state index < -0.39 is 24.2 Å². The number of anilines is 1. The molecule has 4 rings (SSSR count). The van der Waals surface area contributed by atoms with E-state index in [9.17, 15) is 24.0 Å². The molecule has 0 radical (unpaired) electrons. The minimum absolute atomic E-state index is 0.0102. The maximum absolute atomic E-state index is 13.1. The highest BCUT2D eigenvalue weighted by Crippen LogP contribution is 2.38. The molecule has 3 fully saturated rings. The summed E-state index contributed by atoms with van der Waals surface area (Å²) < 4.78 is 24.2. The average molecular weight is 768 g/mol. The predicted molar refractivity (Wildman–Crippen MR) is 197 cm³/mol. The number of carbonyl (C=O) groups excluding carboxylic acids is 5. The summed E-state index contributed by atoms with van der Waals surface area (Å²) in [4.78, 5) is 65.0. The van der Waals surface area contributed by atoms with Gasteiger partial charge in [-0.25, -0.2) is 14.6 Å². The number of primary amides is 1. The molecule has 0 bridgehead atoms. The second kappa shape index (κ2) is 21.9. The van der Waals surface area contributed by atoms with E-state index in [1.165, 1.54) is 6.33 Å². The zero-order valence-corrected chi connectivity index (χ0v) is 31.8. The Balaban J connectivity index is 0.955. The third kappa shape index (κ3) is 13.6. The fourth-order valence-corrected chi connectivity index (χ4v) is 8.15. The molecule has 1 aromatic rings. The van der Waals surface area contributed by atoms with Gasteiger partial charge in [-0.1, -0.05) is 20.3 Å². The number of ether oxygens (including phenoxy) is 4. The second-order valence-corrected chi connectivity index (χ2v) is 14.9. The number of fused-ring (bicyclic) bond motifs is 1. The van der Waals surface area contributed by atoms with Crippen LogP contribution in [0.2, 0.25) is 0 Å². The van der Waals surface area contributed by atoms with Crippen LogP contribution in [0.15, 0.2) is 6.33 Å². The second-order valence-electron chi connectivity index (χ2n) is 13.6. The molecular formula is C34H57N9O9S. The van der Waals surface area contributed by atoms with Gasteiger partial charge in [0.1, 0.15) is 12.0 Å². The van der Waals surface area contributed by atoms with Crippen LogP contribution < -0.4 is 37.6 Å². The molecule has 3 aliphatic heterocycles. The third-order valence-corrected chi connectivity index (χ3v) is 10.8. The minimum atomic E-state index is -0.834. The summed E-state index contributed by atoms with van der Waals surface area (Å²) in [6.07, 6.45) is 6.05. The van der Waals surface area contributed by atoms with Crippen LogP contribution in [0.4, 0.5) is 15.4 Å². The SMILES string of the molecule is CC[C@@H]1C[C@H](C)[C@H](n2cnc(C(=O)N[C@H](C)CC(=O)NCCOCCOCCOCCNC(=O)CCCC[C@@H]3SC[C@H]4NC(=O)N[C@@H]34)c2NC(N)=O)O1. The van der Waals surface area contributed by atoms with Crippen LogP contribution in [0.3, 0.4) is 0 Å². The zero-order chi connectivity index (χ0) is 38.2. The first-order valence-corrected chi connectivity index (χ1v) is 19.6. The van der Waals surface area contributed by atoms with Crippen molar-refractivity contribution in [3.05, 3.63) is 12.0 Å². The Labute approximate surface area is 314 Å². The Morgan fingerprint density at radius 3 is 2.38 bits per heavy atom. The summed E-state index contributed by atoms with van der Waals surface area (Å²) in [6.45, 7) is 8.70. The molecule has 53 heavy (non-hydrogen) atoms. The highest BCUT2D eigenvalue weighted by atomic mass is 32.2. The number of amides is 7. The molecule has 3 aliphatic rings. The number of thioether (sulfide) groups is 1. The van der Waals surface area contributed by atoms with Gasteiger partial charge in [-0.2, -0.15) is 11.8 Å². The van der Waals surface area contributed by atoms with E-state index >= 15 is 0 Å². The normalized spacial score (nSPS) is 23.9. The van der Waals surface area contributed by atoms with Crippen molar-refractivity contribution in [3.63, 3.8) is 0 Å². The molecule has 0 spiro atoms. The Kier molecular flexibility index (Phi) is 17.4. The largest absolute Gasteiger partial charge is 0.377 e. The lowest BCUT2D eigenvalue weighted by atomic mass is 10.0. The van der Waals surface area contributed by atoms with Crippen molar-refractivity contribution in [3.8, 4) is 0 Å². The Morgan fingerprint density at radius 2 is 1.72 bits per heavy atom. The molecule has 0 saturated carbocycles. The Hall–Kier alpha value is -3.65. The number of nitrogens with two attached hydrogens (primary N) is 1. The number of carbonyl (C=O) groups is 5. The lowest BCUT2D eigenvalue weighted by molar-refractivity contribution is -0.122. The number of rotatable bonds is 24. The lowest BCUT2D eigenvalue weighted by Crippen LogP contribution is -2.38. The summed E-state index contributed by atoms with van der Waals surface area (Å²) in [5.41, 5.74) is 5.36. The molecule has 1 aromatic heterocycles. The van der Waals surface area contributed by atoms with Gasteiger partial charge in [0, 0.05) is 48.9 Å². The van der Waals surface area contributed by atoms with Crippen LogP contribution in [-0.2, 0) is 28.5 Å². The van der Waals surface area contributed by atoms with Crippen LogP contribution in [0.25, 0.3) is 0 Å². The average Bonchev–Trinajstić information content (AvgIpc) is 3.88. The molecule has 8 N–H and O–H groups in total. The molecule has 7 amide bonds. The van der Waals surface area contributed by atoms with Crippen molar-refractivity contribution in [2.75, 3.05) is 63.8 Å². The van der Waals surface area contributed by atoms with Gasteiger partial charge in [0.25, 0.3) is 5.91 Å². The summed E-state index contributed by atoms with van der Waals surface area (Å²) in [5.74, 6) is 0.414. The van der Waals surface area contributed by atoms with Crippen molar-refractivity contribution in [2.45, 2.75) is 101 Å². The maximum atomic E-state index is 13.1. The summed E-state index contributed by atoms with van der Waals surface area (Å²) in [7, 11) is 0. The quantitative estimate of drug-likeness (QED) is 0.0583. The number of unbranched alkanes of at least 4 members (excludes halogenated alkanes) is 1. The predicted octanol–water partition coefficient (Wildman–Crippen LogP) is 1.22. The van der Waals surface area contributed by atoms with Crippen molar-refractivity contribution in [1.29, 1.82) is 0 Å². The smallest absolute Gasteiger partial charge is 0.317 e. The monoisotopic (exact) mass is 767 g/mol. The molecule has 0 aromatic carbocycles. The standard InChI is InChI=1S/C34H57N9O9S/c1-4-23-17-21(2)32(52-23)43-20-38-29(30(43)42-33(35)47)31(46)39-22(3)18-27(45)37-10-12-50-14-16-51-15-13-49-11-9-36-26(44)8-6-5-7-25-28-24(19-53-25)40-34(48)41-28/h20-25,28,32H,4-19H2,1-3H3,(H,36,44)(H,37,45)(H,39,46)(H3,35,42,47)(H2,40,41,48)/t21-,22+,23+,24+,25-,28+,32+/m0/s1. The van der Waals surface area contributed by atoms with Crippen LogP contribution in [0.1, 0.15) is 82.4 Å². The number of urea groups is 2. The van der Waals surface area contributed by atoms with Crippen molar-refractivity contribution < 1.29 is 42.9 Å². The molecule has 3 saturated heterocycles. The lowest BCUT2D eigenvalue weighted by Gasteiger charge is -2.20. The maximum Gasteiger partial charge on any atom is 0.317 e. The van der Waals surface area contributed by atoms with Gasteiger partial charge in [-0.3, -0.25) is 24.3 Å². The first kappa shape index (κ1) is 42.1. The van der Waals surface area contributed by atoms with Gasteiger partial charge in [0.15, 0.2) is 5.69 Å². The summed E-state index contributed by atoms with van der Waals surface area (Å²) in [6, 6.07) is -1.00. The highest BCUT2D eigenvalue weighted by Gasteiger charge is 2.42. The molecule has 298 valence electrons. The van der Waals surface area contributed by atoms with Crippen LogP contribution >= 0.6 is 11.8 Å². The van der Waals surface area contributed by atoms with Gasteiger partial charge in [-0.05, 0) is 32.6 Å². The van der Waals surface area contributed by atoms with Crippen molar-refractivity contribution in [2.24, 2.45) is 11.7 Å². The van der Waals surface area contributed by atoms with Crippen molar-refractivity contribution >= 4 is 47.4 Å². The van der Waals surface area contributed by atoms with E-state index in [4.69, 9.17) is 24.7 Å². The van der Waals surface area contributed by atoms with E-state index in [1.54, 1.807) is 11.5 Å². The summed E-state index contributed by atoms with van der Waals surface area (Å²) in [5, 5.41) is 17.2. The van der Waals surface area contributed by atoms with Gasteiger partial charge in [0.05, 0.1) is 64.2 Å². The number of imidazole rings is 1. The van der Waals surface area contributed by atoms with Crippen LogP contribution in [0, 0.1) is 5.92 Å². The third-order valence-electron chi connectivity index (χ3n) is 9.26. The fraction of sp³-hybridized carbons (Fsp3) is 0.765. The van der Waals surface area contributed by atoms with E-state index in [2.05, 4.69) is 36.9 Å². The van der Waals surface area contributed by atoms with E-state index in [1.807, 2.05) is 25.6 Å². The van der Waals surface area contributed by atoms with Gasteiger partial charge in [-0.15, -0.1) is 0 Å². The van der Waals surface area contributed by atoms with E-state index in [0.29, 0.717) is 64.4 Å². The Bertz CT molecular complexity index is 1370. The number of hydrogen-bond acceptors (Lipinski definition) is 11. The number of nitrogens with zero attached hydrogens (tertiary/aromatic N) is 2. The number of aromatic nitrogens is 2. The molecule has 18 nitrogen and oxygen atoms in total. The topological polar surface area (TPSA) is 238 Å². The first-order valence-electron chi connectivity index (χ1n) is 18.6. The van der Waals surface area contributed by atoms with Crippen molar-refractivity contribution in [1.82, 2.24) is 36.1 Å². The van der Waals surface area contributed by atoms with Gasteiger partial charge >= 0.3 is 12.1 Å². The minimum Gasteiger partial charge on any atom is -0.377 e. The highest BCUT2D eigenvalue weighted by molar-refractivity contribution is 8.00. The first-order chi connectivity index (χ1) is 25.5. The molecule has 0 aliphatic carbocycles. The van der Waals surface area contributed by atoms with Crippen LogP contribution in [-0.4, -0.2) is 127 Å². The van der Waals surface area contributed by atoms with Crippen LogP contribution in [0.5, 0.6) is 0 Å². The molecular weight excluding hydrogens is 710 g/mol. The summed E-state index contributed by atoms with van der Waals surface area (Å²) >= 11 is 1.88. The molecule has 4 heterocycles. The van der Waals surface area contributed by atoms with E-state index in [0.717, 1.165) is 37.9 Å². The van der Waals surface area contributed by atoms with E-state index in [-0.39, 0.29) is 59.9 Å². The number of hydrogen-bond donors (Lipinski definition) is 7.